The summed E-state index contributed by atoms with van der Waals surface area (Å²) in [6, 6.07) is 18.3. The number of aliphatic imine (C=N–C) groups is 1. The molecule has 1 saturated heterocycles. The first kappa shape index (κ1) is 31.6. The second-order valence-electron chi connectivity index (χ2n) is 10.5. The van der Waals surface area contributed by atoms with Gasteiger partial charge in [0.05, 0.1) is 18.0 Å². The van der Waals surface area contributed by atoms with Crippen molar-refractivity contribution in [1.82, 2.24) is 20.2 Å². The summed E-state index contributed by atoms with van der Waals surface area (Å²) in [5, 5.41) is 5.35. The number of hydrogen-bond donors (Lipinski definition) is 1. The molecule has 1 fully saturated rings. The molecule has 0 saturated carbocycles. The summed E-state index contributed by atoms with van der Waals surface area (Å²) in [5.74, 6) is 0.864. The monoisotopic (exact) mass is 672 g/mol. The van der Waals surface area contributed by atoms with E-state index < -0.39 is 18.0 Å². The number of ether oxygens (including phenoxy) is 1. The molecule has 0 amide bonds. The van der Waals surface area contributed by atoms with Crippen molar-refractivity contribution in [2.45, 2.75) is 38.7 Å². The zero-order valence-corrected chi connectivity index (χ0v) is 25.9. The standard InChI is InChI=1S/C31H25F5N6O2S2/c1-18-3-12-25-19(2)14-23-16-46-29(42(23)26(25)13-18)38-28(45)40-43-15-20-4-6-21(7-5-20)27-37-17-41(39-27)22-8-10-24(11-9-22)44-31(35,36)30(32,33)34/h3-14,17,19H,15-16H2,1-2H3,(H,40,45)/b38-29-. The average Bonchev–Trinajstić information content (AvgIpc) is 3.65. The molecule has 2 aliphatic heterocycles. The van der Waals surface area contributed by atoms with Gasteiger partial charge in [-0.05, 0) is 66.2 Å². The van der Waals surface area contributed by atoms with Crippen LogP contribution in [0.1, 0.15) is 29.5 Å². The highest BCUT2D eigenvalue weighted by atomic mass is 32.2. The molecule has 1 unspecified atom stereocenters. The van der Waals surface area contributed by atoms with E-state index in [1.807, 2.05) is 12.1 Å². The van der Waals surface area contributed by atoms with Gasteiger partial charge in [0.1, 0.15) is 12.1 Å². The highest BCUT2D eigenvalue weighted by Crippen LogP contribution is 2.43. The molecule has 3 heterocycles. The predicted molar refractivity (Wildman–Crippen MR) is 169 cm³/mol. The molecule has 0 aliphatic carbocycles. The van der Waals surface area contributed by atoms with Crippen LogP contribution in [0.3, 0.4) is 0 Å². The smallest absolute Gasteiger partial charge is 0.426 e. The van der Waals surface area contributed by atoms with Crippen molar-refractivity contribution in [2.24, 2.45) is 4.99 Å². The lowest BCUT2D eigenvalue weighted by Crippen LogP contribution is -2.41. The second-order valence-corrected chi connectivity index (χ2v) is 11.9. The lowest BCUT2D eigenvalue weighted by Gasteiger charge is -2.30. The first-order valence-electron chi connectivity index (χ1n) is 13.9. The maximum atomic E-state index is 13.1. The molecular weight excluding hydrogens is 648 g/mol. The first-order valence-corrected chi connectivity index (χ1v) is 15.3. The first-order chi connectivity index (χ1) is 21.9. The molecule has 3 aromatic carbocycles. The van der Waals surface area contributed by atoms with Crippen molar-refractivity contribution >= 4 is 39.9 Å². The summed E-state index contributed by atoms with van der Waals surface area (Å²) in [4.78, 5) is 16.6. The molecule has 4 aromatic rings. The molecule has 238 valence electrons. The number of thiocarbonyl (C=S) groups is 1. The van der Waals surface area contributed by atoms with Crippen LogP contribution in [0, 0.1) is 6.92 Å². The van der Waals surface area contributed by atoms with Crippen LogP contribution < -0.4 is 15.1 Å². The van der Waals surface area contributed by atoms with Gasteiger partial charge in [0.2, 0.25) is 5.11 Å². The number of nitrogens with zero attached hydrogens (tertiary/aromatic N) is 5. The molecule has 1 aromatic heterocycles. The van der Waals surface area contributed by atoms with Gasteiger partial charge in [-0.15, -0.1) is 5.10 Å². The van der Waals surface area contributed by atoms with Crippen LogP contribution in [-0.2, 0) is 11.4 Å². The number of rotatable bonds is 7. The number of anilines is 1. The molecule has 0 radical (unpaired) electrons. The Kier molecular flexibility index (Phi) is 8.56. The Morgan fingerprint density at radius 2 is 1.80 bits per heavy atom. The minimum absolute atomic E-state index is 0.205. The van der Waals surface area contributed by atoms with E-state index in [2.05, 4.69) is 68.3 Å². The second kappa shape index (κ2) is 12.5. The fourth-order valence-corrected chi connectivity index (χ4v) is 6.10. The van der Waals surface area contributed by atoms with Gasteiger partial charge >= 0.3 is 12.3 Å². The molecule has 0 bridgehead atoms. The van der Waals surface area contributed by atoms with Gasteiger partial charge < -0.3 is 4.74 Å². The highest BCUT2D eigenvalue weighted by molar-refractivity contribution is 8.14. The molecule has 8 nitrogen and oxygen atoms in total. The van der Waals surface area contributed by atoms with Gasteiger partial charge in [0.25, 0.3) is 0 Å². The van der Waals surface area contributed by atoms with E-state index in [0.717, 1.165) is 34.3 Å². The van der Waals surface area contributed by atoms with Gasteiger partial charge in [-0.2, -0.15) is 26.9 Å². The van der Waals surface area contributed by atoms with Gasteiger partial charge in [0, 0.05) is 22.9 Å². The number of allylic oxidation sites excluding steroid dienone is 1. The lowest BCUT2D eigenvalue weighted by molar-refractivity contribution is -0.360. The summed E-state index contributed by atoms with van der Waals surface area (Å²) in [6.07, 6.45) is -7.49. The Labute approximate surface area is 269 Å². The van der Waals surface area contributed by atoms with Gasteiger partial charge in [-0.1, -0.05) is 61.2 Å². The molecule has 6 rings (SSSR count). The van der Waals surface area contributed by atoms with E-state index in [1.165, 1.54) is 40.0 Å². The van der Waals surface area contributed by atoms with E-state index in [0.29, 0.717) is 23.0 Å². The van der Waals surface area contributed by atoms with Crippen LogP contribution in [0.2, 0.25) is 0 Å². The van der Waals surface area contributed by atoms with Gasteiger partial charge in [-0.3, -0.25) is 9.74 Å². The zero-order chi connectivity index (χ0) is 32.6. The Balaban J connectivity index is 1.03. The minimum Gasteiger partial charge on any atom is -0.426 e. The summed E-state index contributed by atoms with van der Waals surface area (Å²) in [5.41, 5.74) is 9.38. The van der Waals surface area contributed by atoms with E-state index in [4.69, 9.17) is 17.1 Å². The number of thioether (sulfide) groups is 1. The Morgan fingerprint density at radius 3 is 2.52 bits per heavy atom. The van der Waals surface area contributed by atoms with Crippen molar-refractivity contribution < 1.29 is 31.5 Å². The number of benzene rings is 3. The molecule has 1 atom stereocenters. The fraction of sp³-hybridized carbons (Fsp3) is 0.226. The minimum atomic E-state index is -5.83. The topological polar surface area (TPSA) is 76.8 Å². The Morgan fingerprint density at radius 1 is 1.07 bits per heavy atom. The Bertz CT molecular complexity index is 1820. The number of amidine groups is 1. The normalized spacial score (nSPS) is 17.0. The van der Waals surface area contributed by atoms with Gasteiger partial charge in [-0.25, -0.2) is 15.1 Å². The maximum Gasteiger partial charge on any atom is 0.499 e. The number of nitrogens with one attached hydrogen (secondary N) is 1. The lowest BCUT2D eigenvalue weighted by atomic mass is 9.93. The van der Waals surface area contributed by atoms with Crippen LogP contribution in [0.5, 0.6) is 5.75 Å². The zero-order valence-electron chi connectivity index (χ0n) is 24.3. The molecular formula is C31H25F5N6O2S2. The molecule has 1 N–H and O–H groups in total. The van der Waals surface area contributed by atoms with Crippen LogP contribution in [0.15, 0.2) is 89.8 Å². The highest BCUT2D eigenvalue weighted by Gasteiger charge is 2.61. The van der Waals surface area contributed by atoms with Crippen molar-refractivity contribution in [1.29, 1.82) is 0 Å². The number of hydroxylamine groups is 1. The van der Waals surface area contributed by atoms with Crippen LogP contribution in [0.4, 0.5) is 27.6 Å². The molecule has 0 spiro atoms. The fourth-order valence-electron chi connectivity index (χ4n) is 4.90. The maximum absolute atomic E-state index is 13.1. The number of aromatic nitrogens is 3. The van der Waals surface area contributed by atoms with Gasteiger partial charge in [0.15, 0.2) is 11.0 Å². The number of fused-ring (bicyclic) bond motifs is 3. The quantitative estimate of drug-likeness (QED) is 0.122. The summed E-state index contributed by atoms with van der Waals surface area (Å²) < 4.78 is 68.7. The van der Waals surface area contributed by atoms with Crippen LogP contribution in [0.25, 0.3) is 17.1 Å². The van der Waals surface area contributed by atoms with Crippen molar-refractivity contribution in [3.63, 3.8) is 0 Å². The summed E-state index contributed by atoms with van der Waals surface area (Å²) >= 11 is 7.05. The van der Waals surface area contributed by atoms with E-state index in [9.17, 15) is 22.0 Å². The predicted octanol–water partition coefficient (Wildman–Crippen LogP) is 7.69. The summed E-state index contributed by atoms with van der Waals surface area (Å²) in [7, 11) is 0. The van der Waals surface area contributed by atoms with E-state index in [1.54, 1.807) is 23.9 Å². The number of halogens is 5. The third kappa shape index (κ3) is 6.62. The SMILES string of the molecule is Cc1ccc2c(c1)N1C(=CC2C)CS/C1=N\C(=S)NOCc1ccc(-c2ncn(-c3ccc(OC(F)(F)C(F)(F)F)cc3)n2)cc1. The molecule has 46 heavy (non-hydrogen) atoms. The molecule has 15 heteroatoms. The largest absolute Gasteiger partial charge is 0.499 e. The van der Waals surface area contributed by atoms with E-state index in [-0.39, 0.29) is 11.7 Å². The van der Waals surface area contributed by atoms with Crippen molar-refractivity contribution in [3.8, 4) is 22.8 Å². The number of hydrogen-bond acceptors (Lipinski definition) is 6. The average molecular weight is 673 g/mol. The van der Waals surface area contributed by atoms with E-state index >= 15 is 0 Å². The molecule has 2 aliphatic rings. The van der Waals surface area contributed by atoms with Crippen LogP contribution >= 0.6 is 24.0 Å². The number of alkyl halides is 5. The number of aryl methyl sites for hydroxylation is 1. The third-order valence-corrected chi connectivity index (χ3v) is 8.31. The Hall–Kier alpha value is -4.34. The third-order valence-electron chi connectivity index (χ3n) is 7.16. The van der Waals surface area contributed by atoms with Crippen molar-refractivity contribution in [3.05, 3.63) is 102 Å². The van der Waals surface area contributed by atoms with Crippen LogP contribution in [-0.4, -0.2) is 43.1 Å². The van der Waals surface area contributed by atoms with Crippen molar-refractivity contribution in [2.75, 3.05) is 10.7 Å². The summed E-state index contributed by atoms with van der Waals surface area (Å²) in [6.45, 7) is 4.46.